The summed E-state index contributed by atoms with van der Waals surface area (Å²) in [6, 6.07) is 11.7. The quantitative estimate of drug-likeness (QED) is 0.831. The summed E-state index contributed by atoms with van der Waals surface area (Å²) < 4.78 is 0. The van der Waals surface area contributed by atoms with Gasteiger partial charge < -0.3 is 10.0 Å². The third-order valence-corrected chi connectivity index (χ3v) is 6.07. The Bertz CT molecular complexity index is 667. The number of amides is 1. The fourth-order valence-electron chi connectivity index (χ4n) is 2.94. The molecule has 1 atom stereocenters. The molecular weight excluding hydrogens is 340 g/mol. The molecule has 0 spiro atoms. The molecule has 1 unspecified atom stereocenters. The van der Waals surface area contributed by atoms with Crippen LogP contribution >= 0.6 is 23.1 Å². The van der Waals surface area contributed by atoms with E-state index in [1.165, 1.54) is 0 Å². The lowest BCUT2D eigenvalue weighted by Crippen LogP contribution is -2.49. The molecule has 1 aliphatic rings. The number of thiophene rings is 1. The Morgan fingerprint density at radius 3 is 2.62 bits per heavy atom. The second kappa shape index (κ2) is 8.16. The van der Waals surface area contributed by atoms with Crippen molar-refractivity contribution in [2.45, 2.75) is 11.0 Å². The van der Waals surface area contributed by atoms with E-state index in [1.807, 2.05) is 52.9 Å². The van der Waals surface area contributed by atoms with Crippen LogP contribution in [-0.2, 0) is 0 Å². The van der Waals surface area contributed by atoms with Crippen LogP contribution in [0.5, 0.6) is 0 Å². The van der Waals surface area contributed by atoms with E-state index in [0.29, 0.717) is 19.6 Å². The number of hydrogen-bond acceptors (Lipinski definition) is 5. The van der Waals surface area contributed by atoms with Crippen LogP contribution in [0.1, 0.15) is 21.3 Å². The molecule has 1 aliphatic heterocycles. The van der Waals surface area contributed by atoms with Gasteiger partial charge in [-0.05, 0) is 29.8 Å². The second-order valence-corrected chi connectivity index (χ2v) is 7.65. The molecule has 2 aromatic rings. The van der Waals surface area contributed by atoms with Gasteiger partial charge in [-0.3, -0.25) is 9.69 Å². The molecule has 24 heavy (non-hydrogen) atoms. The van der Waals surface area contributed by atoms with Crippen LogP contribution in [0.25, 0.3) is 0 Å². The van der Waals surface area contributed by atoms with Gasteiger partial charge in [-0.2, -0.15) is 0 Å². The van der Waals surface area contributed by atoms with Crippen molar-refractivity contribution in [1.82, 2.24) is 9.80 Å². The second-order valence-electron chi connectivity index (χ2n) is 5.82. The molecule has 4 nitrogen and oxygen atoms in total. The monoisotopic (exact) mass is 362 g/mol. The van der Waals surface area contributed by atoms with Crippen molar-refractivity contribution in [2.75, 3.05) is 39.0 Å². The van der Waals surface area contributed by atoms with Crippen LogP contribution in [0.15, 0.2) is 46.7 Å². The number of nitrogens with zero attached hydrogens (tertiary/aromatic N) is 2. The summed E-state index contributed by atoms with van der Waals surface area (Å²) in [5, 5.41) is 12.3. The van der Waals surface area contributed by atoms with E-state index in [-0.39, 0.29) is 5.91 Å². The highest BCUT2D eigenvalue weighted by molar-refractivity contribution is 7.98. The number of aliphatic hydroxyl groups is 1. The number of carbonyl (C=O) groups is 1. The maximum absolute atomic E-state index is 12.7. The fraction of sp³-hybridized carbons (Fsp3) is 0.389. The standard InChI is InChI=1S/C18H22N2O2S2/c1-23-16-6-3-2-5-14(16)18(22)20-10-8-19(9-11-20)13-15(21)17-7-4-12-24-17/h2-7,12,15,21H,8-11,13H2,1H3. The van der Waals surface area contributed by atoms with Crippen LogP contribution in [-0.4, -0.2) is 59.8 Å². The third-order valence-electron chi connectivity index (χ3n) is 4.30. The lowest BCUT2D eigenvalue weighted by molar-refractivity contribution is 0.0530. The van der Waals surface area contributed by atoms with E-state index in [2.05, 4.69) is 4.90 Å². The first kappa shape index (κ1) is 17.5. The number of rotatable bonds is 5. The van der Waals surface area contributed by atoms with Gasteiger partial charge in [-0.1, -0.05) is 18.2 Å². The molecule has 1 saturated heterocycles. The van der Waals surface area contributed by atoms with Gasteiger partial charge in [-0.25, -0.2) is 0 Å². The van der Waals surface area contributed by atoms with Gasteiger partial charge in [-0.15, -0.1) is 23.1 Å². The van der Waals surface area contributed by atoms with Crippen molar-refractivity contribution < 1.29 is 9.90 Å². The minimum Gasteiger partial charge on any atom is -0.386 e. The molecule has 2 heterocycles. The van der Waals surface area contributed by atoms with Gasteiger partial charge in [0.1, 0.15) is 6.10 Å². The van der Waals surface area contributed by atoms with Crippen molar-refractivity contribution in [2.24, 2.45) is 0 Å². The predicted molar refractivity (Wildman–Crippen MR) is 99.8 cm³/mol. The molecule has 1 fully saturated rings. The lowest BCUT2D eigenvalue weighted by atomic mass is 10.1. The average molecular weight is 363 g/mol. The number of β-amino-alcohol motifs (C(OH)–C–C–N with tert-alkyl or cyclic N) is 1. The van der Waals surface area contributed by atoms with Crippen LogP contribution in [0.4, 0.5) is 0 Å². The van der Waals surface area contributed by atoms with E-state index >= 15 is 0 Å². The SMILES string of the molecule is CSc1ccccc1C(=O)N1CCN(CC(O)c2cccs2)CC1. The Balaban J connectivity index is 1.56. The predicted octanol–water partition coefficient (Wildman–Crippen LogP) is 2.96. The molecule has 6 heteroatoms. The van der Waals surface area contributed by atoms with E-state index in [9.17, 15) is 9.90 Å². The topological polar surface area (TPSA) is 43.8 Å². The molecule has 1 aromatic carbocycles. The Hall–Kier alpha value is -1.34. The number of benzene rings is 1. The minimum absolute atomic E-state index is 0.110. The first-order valence-corrected chi connectivity index (χ1v) is 10.2. The summed E-state index contributed by atoms with van der Waals surface area (Å²) in [5.74, 6) is 0.110. The molecule has 1 amide bonds. The smallest absolute Gasteiger partial charge is 0.255 e. The van der Waals surface area contributed by atoms with Crippen molar-refractivity contribution in [1.29, 1.82) is 0 Å². The normalized spacial score (nSPS) is 17.0. The highest BCUT2D eigenvalue weighted by Gasteiger charge is 2.25. The van der Waals surface area contributed by atoms with Crippen molar-refractivity contribution in [3.8, 4) is 0 Å². The maximum Gasteiger partial charge on any atom is 0.255 e. The molecular formula is C18H22N2O2S2. The van der Waals surface area contributed by atoms with Crippen molar-refractivity contribution in [3.63, 3.8) is 0 Å². The van der Waals surface area contributed by atoms with Gasteiger partial charge in [0, 0.05) is 42.5 Å². The molecule has 0 saturated carbocycles. The zero-order chi connectivity index (χ0) is 16.9. The molecule has 128 valence electrons. The zero-order valence-corrected chi connectivity index (χ0v) is 15.4. The molecule has 1 aromatic heterocycles. The summed E-state index contributed by atoms with van der Waals surface area (Å²) in [4.78, 5) is 18.9. The molecule has 3 rings (SSSR count). The van der Waals surface area contributed by atoms with Crippen molar-refractivity contribution in [3.05, 3.63) is 52.2 Å². The van der Waals surface area contributed by atoms with E-state index in [0.717, 1.165) is 28.4 Å². The lowest BCUT2D eigenvalue weighted by Gasteiger charge is -2.35. The summed E-state index contributed by atoms with van der Waals surface area (Å²) >= 11 is 3.19. The van der Waals surface area contributed by atoms with Crippen LogP contribution < -0.4 is 0 Å². The Morgan fingerprint density at radius 2 is 1.96 bits per heavy atom. The third kappa shape index (κ3) is 4.00. The van der Waals surface area contributed by atoms with E-state index in [1.54, 1.807) is 23.1 Å². The number of aliphatic hydroxyl groups excluding tert-OH is 1. The summed E-state index contributed by atoms with van der Waals surface area (Å²) in [6.07, 6.45) is 1.56. The first-order chi connectivity index (χ1) is 11.7. The van der Waals surface area contributed by atoms with Gasteiger partial charge in [0.05, 0.1) is 5.56 Å². The fourth-order valence-corrected chi connectivity index (χ4v) is 4.23. The summed E-state index contributed by atoms with van der Waals surface area (Å²) in [5.41, 5.74) is 0.789. The average Bonchev–Trinajstić information content (AvgIpc) is 3.16. The largest absolute Gasteiger partial charge is 0.386 e. The van der Waals surface area contributed by atoms with Gasteiger partial charge in [0.2, 0.25) is 0 Å². The van der Waals surface area contributed by atoms with Crippen LogP contribution in [0, 0.1) is 0 Å². The molecule has 0 radical (unpaired) electrons. The maximum atomic E-state index is 12.7. The number of thioether (sulfide) groups is 1. The van der Waals surface area contributed by atoms with Gasteiger partial charge in [0.25, 0.3) is 5.91 Å². The minimum atomic E-state index is -0.440. The van der Waals surface area contributed by atoms with Crippen molar-refractivity contribution >= 4 is 29.0 Å². The number of carbonyl (C=O) groups excluding carboxylic acids is 1. The summed E-state index contributed by atoms with van der Waals surface area (Å²) in [6.45, 7) is 3.65. The van der Waals surface area contributed by atoms with Crippen LogP contribution in [0.2, 0.25) is 0 Å². The Morgan fingerprint density at radius 1 is 1.21 bits per heavy atom. The van der Waals surface area contributed by atoms with Crippen LogP contribution in [0.3, 0.4) is 0 Å². The van der Waals surface area contributed by atoms with E-state index in [4.69, 9.17) is 0 Å². The first-order valence-electron chi connectivity index (χ1n) is 8.05. The molecule has 0 bridgehead atoms. The Labute approximate surface area is 151 Å². The highest BCUT2D eigenvalue weighted by Crippen LogP contribution is 2.23. The molecule has 1 N–H and O–H groups in total. The number of hydrogen-bond donors (Lipinski definition) is 1. The summed E-state index contributed by atoms with van der Waals surface area (Å²) in [7, 11) is 0. The highest BCUT2D eigenvalue weighted by atomic mass is 32.2. The molecule has 0 aliphatic carbocycles. The van der Waals surface area contributed by atoms with Gasteiger partial charge >= 0.3 is 0 Å². The van der Waals surface area contributed by atoms with E-state index < -0.39 is 6.10 Å². The number of piperazine rings is 1. The zero-order valence-electron chi connectivity index (χ0n) is 13.7. The van der Waals surface area contributed by atoms with Gasteiger partial charge in [0.15, 0.2) is 0 Å². The Kier molecular flexibility index (Phi) is 5.94.